The first-order chi connectivity index (χ1) is 5.75. The van der Waals surface area contributed by atoms with Gasteiger partial charge in [0.05, 0.1) is 7.11 Å². The maximum Gasteiger partial charge on any atom is 0.379 e. The number of allylic oxidation sites excluding steroid dienone is 1. The van der Waals surface area contributed by atoms with Crippen LogP contribution in [0, 0.1) is 0 Å². The van der Waals surface area contributed by atoms with Crippen LogP contribution in [0.25, 0.3) is 0 Å². The second-order valence-electron chi connectivity index (χ2n) is 2.80. The van der Waals surface area contributed by atoms with Gasteiger partial charge < -0.3 is 4.74 Å². The molecule has 3 heteroatoms. The smallest absolute Gasteiger partial charge is 0.379 e. The van der Waals surface area contributed by atoms with Gasteiger partial charge in [0.2, 0.25) is 0 Å². The number of methoxy groups -OCH3 is 1. The van der Waals surface area contributed by atoms with Crippen molar-refractivity contribution in [2.45, 2.75) is 25.7 Å². The quantitative estimate of drug-likeness (QED) is 0.460. The molecule has 0 saturated carbocycles. The van der Waals surface area contributed by atoms with Crippen molar-refractivity contribution < 1.29 is 14.3 Å². The first-order valence-corrected chi connectivity index (χ1v) is 4.07. The Morgan fingerprint density at radius 1 is 1.42 bits per heavy atom. The number of ether oxygens (including phenoxy) is 1. The number of esters is 1. The molecule has 0 aliphatic heterocycles. The Balaban J connectivity index is 2.62. The average Bonchev–Trinajstić information content (AvgIpc) is 2.17. The van der Waals surface area contributed by atoms with Crippen molar-refractivity contribution in [2.75, 3.05) is 7.11 Å². The summed E-state index contributed by atoms with van der Waals surface area (Å²) in [6, 6.07) is 0. The molecule has 0 bridgehead atoms. The zero-order valence-corrected chi connectivity index (χ0v) is 7.13. The molecule has 1 aliphatic rings. The molecule has 0 aromatic rings. The van der Waals surface area contributed by atoms with E-state index in [2.05, 4.69) is 4.74 Å². The van der Waals surface area contributed by atoms with Gasteiger partial charge in [0.25, 0.3) is 5.78 Å². The normalized spacial score (nSPS) is 16.6. The monoisotopic (exact) mass is 168 g/mol. The summed E-state index contributed by atoms with van der Waals surface area (Å²) in [5, 5.41) is 0. The predicted octanol–water partition coefficient (Wildman–Crippen LogP) is 1.23. The van der Waals surface area contributed by atoms with Crippen LogP contribution in [0.3, 0.4) is 0 Å². The largest absolute Gasteiger partial charge is 0.463 e. The molecule has 0 saturated heterocycles. The zero-order chi connectivity index (χ0) is 8.97. The van der Waals surface area contributed by atoms with E-state index in [0.29, 0.717) is 12.0 Å². The van der Waals surface area contributed by atoms with Crippen LogP contribution in [0.1, 0.15) is 25.7 Å². The van der Waals surface area contributed by atoms with Gasteiger partial charge in [-0.25, -0.2) is 4.79 Å². The van der Waals surface area contributed by atoms with E-state index in [4.69, 9.17) is 0 Å². The fourth-order valence-corrected chi connectivity index (χ4v) is 1.27. The van der Waals surface area contributed by atoms with Crippen LogP contribution in [0.5, 0.6) is 0 Å². The van der Waals surface area contributed by atoms with Gasteiger partial charge in [-0.05, 0) is 25.7 Å². The standard InChI is InChI=1S/C9H12O3/c1-12-9(11)8(10)7-5-3-2-4-6-7/h5H,2-4,6H2,1H3. The van der Waals surface area contributed by atoms with E-state index < -0.39 is 11.8 Å². The Hall–Kier alpha value is -1.12. The highest BCUT2D eigenvalue weighted by molar-refractivity contribution is 6.40. The second kappa shape index (κ2) is 4.04. The molecule has 1 aliphatic carbocycles. The third kappa shape index (κ3) is 1.94. The Morgan fingerprint density at radius 2 is 2.17 bits per heavy atom. The molecule has 0 heterocycles. The van der Waals surface area contributed by atoms with E-state index >= 15 is 0 Å². The van der Waals surface area contributed by atoms with Crippen molar-refractivity contribution in [1.29, 1.82) is 0 Å². The van der Waals surface area contributed by atoms with E-state index in [9.17, 15) is 9.59 Å². The Morgan fingerprint density at radius 3 is 2.67 bits per heavy atom. The van der Waals surface area contributed by atoms with Gasteiger partial charge in [-0.1, -0.05) is 6.08 Å². The maximum atomic E-state index is 11.2. The lowest BCUT2D eigenvalue weighted by Gasteiger charge is -2.09. The zero-order valence-electron chi connectivity index (χ0n) is 7.13. The molecule has 0 aromatic carbocycles. The van der Waals surface area contributed by atoms with Crippen molar-refractivity contribution in [3.05, 3.63) is 11.6 Å². The topological polar surface area (TPSA) is 43.4 Å². The number of ketones is 1. The fourth-order valence-electron chi connectivity index (χ4n) is 1.27. The highest BCUT2D eigenvalue weighted by Crippen LogP contribution is 2.18. The minimum absolute atomic E-state index is 0.475. The molecule has 0 N–H and O–H groups in total. The number of Topliss-reactive ketones (excluding diaryl/α,β-unsaturated/α-hetero) is 1. The molecule has 66 valence electrons. The Labute approximate surface area is 71.4 Å². The first-order valence-electron chi connectivity index (χ1n) is 4.07. The van der Waals surface area contributed by atoms with Crippen LogP contribution < -0.4 is 0 Å². The van der Waals surface area contributed by atoms with E-state index in [0.717, 1.165) is 19.3 Å². The fraction of sp³-hybridized carbons (Fsp3) is 0.556. The summed E-state index contributed by atoms with van der Waals surface area (Å²) in [7, 11) is 1.23. The summed E-state index contributed by atoms with van der Waals surface area (Å²) in [5.41, 5.74) is 0.619. The van der Waals surface area contributed by atoms with Crippen molar-refractivity contribution >= 4 is 11.8 Å². The lowest BCUT2D eigenvalue weighted by atomic mass is 9.96. The van der Waals surface area contributed by atoms with Gasteiger partial charge >= 0.3 is 5.97 Å². The lowest BCUT2D eigenvalue weighted by Crippen LogP contribution is -2.18. The van der Waals surface area contributed by atoms with Gasteiger partial charge in [0.15, 0.2) is 0 Å². The number of hydrogen-bond acceptors (Lipinski definition) is 3. The van der Waals surface area contributed by atoms with E-state index in [1.165, 1.54) is 7.11 Å². The van der Waals surface area contributed by atoms with E-state index in [1.807, 2.05) is 6.08 Å². The van der Waals surface area contributed by atoms with E-state index in [-0.39, 0.29) is 0 Å². The summed E-state index contributed by atoms with van der Waals surface area (Å²) in [5.74, 6) is -1.22. The molecule has 0 aromatic heterocycles. The predicted molar refractivity (Wildman–Crippen MR) is 43.6 cm³/mol. The van der Waals surface area contributed by atoms with Crippen molar-refractivity contribution in [2.24, 2.45) is 0 Å². The van der Waals surface area contributed by atoms with Crippen LogP contribution in [0.4, 0.5) is 0 Å². The molecule has 0 spiro atoms. The summed E-state index contributed by atoms with van der Waals surface area (Å²) in [6.07, 6.45) is 5.56. The molecule has 0 radical (unpaired) electrons. The van der Waals surface area contributed by atoms with Crippen LogP contribution in [-0.4, -0.2) is 18.9 Å². The first kappa shape index (κ1) is 8.97. The second-order valence-corrected chi connectivity index (χ2v) is 2.80. The molecule has 0 unspecified atom stereocenters. The number of carbonyl (C=O) groups excluding carboxylic acids is 2. The number of carbonyl (C=O) groups is 2. The Bertz CT molecular complexity index is 228. The van der Waals surface area contributed by atoms with Crippen LogP contribution >= 0.6 is 0 Å². The van der Waals surface area contributed by atoms with Gasteiger partial charge in [-0.3, -0.25) is 4.79 Å². The van der Waals surface area contributed by atoms with Crippen molar-refractivity contribution in [1.82, 2.24) is 0 Å². The lowest BCUT2D eigenvalue weighted by molar-refractivity contribution is -0.149. The summed E-state index contributed by atoms with van der Waals surface area (Å²) in [4.78, 5) is 22.0. The molecule has 0 amide bonds. The number of hydrogen-bond donors (Lipinski definition) is 0. The van der Waals surface area contributed by atoms with Crippen molar-refractivity contribution in [3.63, 3.8) is 0 Å². The Kier molecular flexibility index (Phi) is 3.02. The maximum absolute atomic E-state index is 11.2. The number of rotatable bonds is 2. The molecule has 1 rings (SSSR count). The molecular formula is C9H12O3. The summed E-state index contributed by atoms with van der Waals surface area (Å²) < 4.78 is 4.34. The highest BCUT2D eigenvalue weighted by Gasteiger charge is 2.19. The van der Waals surface area contributed by atoms with Crippen LogP contribution in [0.15, 0.2) is 11.6 Å². The minimum atomic E-state index is -0.747. The molecule has 12 heavy (non-hydrogen) atoms. The third-order valence-electron chi connectivity index (χ3n) is 1.95. The third-order valence-corrected chi connectivity index (χ3v) is 1.95. The van der Waals surface area contributed by atoms with Gasteiger partial charge in [-0.2, -0.15) is 0 Å². The SMILES string of the molecule is COC(=O)C(=O)C1=CCCCC1. The average molecular weight is 168 g/mol. The highest BCUT2D eigenvalue weighted by atomic mass is 16.5. The van der Waals surface area contributed by atoms with Gasteiger partial charge in [0, 0.05) is 5.57 Å². The molecule has 0 atom stereocenters. The molecule has 3 nitrogen and oxygen atoms in total. The summed E-state index contributed by atoms with van der Waals surface area (Å²) >= 11 is 0. The minimum Gasteiger partial charge on any atom is -0.463 e. The molecular weight excluding hydrogens is 156 g/mol. The van der Waals surface area contributed by atoms with Gasteiger partial charge in [0.1, 0.15) is 0 Å². The molecule has 0 fully saturated rings. The van der Waals surface area contributed by atoms with Crippen LogP contribution in [0.2, 0.25) is 0 Å². The van der Waals surface area contributed by atoms with Crippen LogP contribution in [-0.2, 0) is 14.3 Å². The summed E-state index contributed by atoms with van der Waals surface area (Å²) in [6.45, 7) is 0. The van der Waals surface area contributed by atoms with Crippen molar-refractivity contribution in [3.8, 4) is 0 Å². The van der Waals surface area contributed by atoms with Gasteiger partial charge in [-0.15, -0.1) is 0 Å². The van der Waals surface area contributed by atoms with E-state index in [1.54, 1.807) is 0 Å².